The SMILES string of the molecule is CC1(C)[C@@H]2CC[C@]1(C)[C@H](OC(=O)CSc1ccccc1)C2. The molecular formula is C18H24O2S. The van der Waals surface area contributed by atoms with Gasteiger partial charge in [-0.25, -0.2) is 0 Å². The molecule has 3 atom stereocenters. The zero-order chi connectivity index (χ0) is 15.1. The minimum atomic E-state index is -0.0709. The lowest BCUT2D eigenvalue weighted by atomic mass is 9.70. The Morgan fingerprint density at radius 3 is 2.57 bits per heavy atom. The van der Waals surface area contributed by atoms with Gasteiger partial charge in [0, 0.05) is 10.3 Å². The number of ether oxygens (including phenoxy) is 1. The summed E-state index contributed by atoms with van der Waals surface area (Å²) in [7, 11) is 0. The smallest absolute Gasteiger partial charge is 0.316 e. The second-order valence-corrected chi connectivity index (χ2v) is 8.24. The van der Waals surface area contributed by atoms with E-state index in [-0.39, 0.29) is 17.5 Å². The summed E-state index contributed by atoms with van der Waals surface area (Å²) in [6.45, 7) is 7.00. The summed E-state index contributed by atoms with van der Waals surface area (Å²) in [6.07, 6.45) is 3.63. The molecule has 3 rings (SSSR count). The molecule has 21 heavy (non-hydrogen) atoms. The lowest BCUT2D eigenvalue weighted by molar-refractivity contribution is -0.153. The minimum Gasteiger partial charge on any atom is -0.461 e. The van der Waals surface area contributed by atoms with E-state index in [4.69, 9.17) is 4.74 Å². The van der Waals surface area contributed by atoms with Gasteiger partial charge < -0.3 is 4.74 Å². The Kier molecular flexibility index (Phi) is 3.81. The van der Waals surface area contributed by atoms with Gasteiger partial charge in [-0.3, -0.25) is 4.79 Å². The van der Waals surface area contributed by atoms with Gasteiger partial charge in [0.05, 0.1) is 5.75 Å². The fraction of sp³-hybridized carbons (Fsp3) is 0.611. The van der Waals surface area contributed by atoms with E-state index in [1.54, 1.807) is 11.8 Å². The Balaban J connectivity index is 1.57. The van der Waals surface area contributed by atoms with Gasteiger partial charge in [-0.1, -0.05) is 39.0 Å². The Labute approximate surface area is 131 Å². The summed E-state index contributed by atoms with van der Waals surface area (Å²) < 4.78 is 5.85. The first-order chi connectivity index (χ1) is 9.93. The Morgan fingerprint density at radius 2 is 2.00 bits per heavy atom. The molecule has 0 saturated heterocycles. The largest absolute Gasteiger partial charge is 0.461 e. The number of hydrogen-bond donors (Lipinski definition) is 0. The van der Waals surface area contributed by atoms with Gasteiger partial charge in [-0.15, -0.1) is 11.8 Å². The normalized spacial score (nSPS) is 33.1. The number of benzene rings is 1. The number of rotatable bonds is 4. The maximum Gasteiger partial charge on any atom is 0.316 e. The van der Waals surface area contributed by atoms with Crippen molar-refractivity contribution in [1.29, 1.82) is 0 Å². The van der Waals surface area contributed by atoms with Crippen LogP contribution in [0.25, 0.3) is 0 Å². The molecule has 0 amide bonds. The second-order valence-electron chi connectivity index (χ2n) is 7.19. The van der Waals surface area contributed by atoms with Crippen LogP contribution in [0.1, 0.15) is 40.0 Å². The molecule has 2 aliphatic rings. The molecule has 0 heterocycles. The van der Waals surface area contributed by atoms with Crippen LogP contribution in [0.4, 0.5) is 0 Å². The van der Waals surface area contributed by atoms with Crippen LogP contribution in [-0.4, -0.2) is 17.8 Å². The molecule has 114 valence electrons. The van der Waals surface area contributed by atoms with Crippen LogP contribution in [-0.2, 0) is 9.53 Å². The lowest BCUT2D eigenvalue weighted by Gasteiger charge is -2.38. The topological polar surface area (TPSA) is 26.3 Å². The van der Waals surface area contributed by atoms with E-state index in [1.165, 1.54) is 12.8 Å². The van der Waals surface area contributed by atoms with Gasteiger partial charge in [-0.2, -0.15) is 0 Å². The van der Waals surface area contributed by atoms with Crippen molar-refractivity contribution in [1.82, 2.24) is 0 Å². The molecule has 0 N–H and O–H groups in total. The molecule has 1 aromatic rings. The summed E-state index contributed by atoms with van der Waals surface area (Å²) in [4.78, 5) is 13.3. The highest BCUT2D eigenvalue weighted by Gasteiger charge is 2.62. The average molecular weight is 304 g/mol. The maximum atomic E-state index is 12.2. The third-order valence-electron chi connectivity index (χ3n) is 6.09. The molecule has 2 aliphatic carbocycles. The van der Waals surface area contributed by atoms with Crippen molar-refractivity contribution in [2.24, 2.45) is 16.7 Å². The first-order valence-electron chi connectivity index (χ1n) is 7.81. The predicted molar refractivity (Wildman–Crippen MR) is 86.3 cm³/mol. The van der Waals surface area contributed by atoms with Crippen molar-refractivity contribution in [2.45, 2.75) is 51.0 Å². The molecule has 2 fully saturated rings. The second kappa shape index (κ2) is 5.35. The van der Waals surface area contributed by atoms with E-state index >= 15 is 0 Å². The van der Waals surface area contributed by atoms with E-state index in [0.29, 0.717) is 17.1 Å². The highest BCUT2D eigenvalue weighted by atomic mass is 32.2. The standard InChI is InChI=1S/C18H24O2S/c1-17(2)13-9-10-18(17,3)15(11-13)20-16(19)12-21-14-7-5-4-6-8-14/h4-8,13,15H,9-12H2,1-3H3/t13-,15-,18-/m1/s1. The zero-order valence-electron chi connectivity index (χ0n) is 13.1. The van der Waals surface area contributed by atoms with E-state index in [9.17, 15) is 4.79 Å². The Hall–Kier alpha value is -0.960. The highest BCUT2D eigenvalue weighted by Crippen LogP contribution is 2.66. The maximum absolute atomic E-state index is 12.2. The quantitative estimate of drug-likeness (QED) is 0.603. The van der Waals surface area contributed by atoms with Gasteiger partial charge in [0.15, 0.2) is 0 Å². The van der Waals surface area contributed by atoms with Crippen LogP contribution in [0.5, 0.6) is 0 Å². The van der Waals surface area contributed by atoms with Gasteiger partial charge in [0.2, 0.25) is 0 Å². The first kappa shape index (κ1) is 15.0. The van der Waals surface area contributed by atoms with Gasteiger partial charge in [-0.05, 0) is 42.7 Å². The van der Waals surface area contributed by atoms with Crippen molar-refractivity contribution in [2.75, 3.05) is 5.75 Å². The van der Waals surface area contributed by atoms with Gasteiger partial charge >= 0.3 is 5.97 Å². The molecule has 0 radical (unpaired) electrons. The third kappa shape index (κ3) is 2.50. The first-order valence-corrected chi connectivity index (χ1v) is 8.79. The summed E-state index contributed by atoms with van der Waals surface area (Å²) in [5, 5.41) is 0. The number of fused-ring (bicyclic) bond motifs is 2. The molecule has 3 heteroatoms. The zero-order valence-corrected chi connectivity index (χ0v) is 13.9. The summed E-state index contributed by atoms with van der Waals surface area (Å²) in [6, 6.07) is 10.0. The summed E-state index contributed by atoms with van der Waals surface area (Å²) >= 11 is 1.56. The van der Waals surface area contributed by atoms with Crippen molar-refractivity contribution < 1.29 is 9.53 Å². The average Bonchev–Trinajstić information content (AvgIpc) is 2.79. The molecule has 1 aromatic carbocycles. The number of carbonyl (C=O) groups excluding carboxylic acids is 1. The molecule has 0 aromatic heterocycles. The van der Waals surface area contributed by atoms with E-state index in [2.05, 4.69) is 20.8 Å². The molecule has 0 unspecified atom stereocenters. The van der Waals surface area contributed by atoms with Gasteiger partial charge in [0.25, 0.3) is 0 Å². The van der Waals surface area contributed by atoms with E-state index < -0.39 is 0 Å². The monoisotopic (exact) mass is 304 g/mol. The van der Waals surface area contributed by atoms with Crippen molar-refractivity contribution >= 4 is 17.7 Å². The Bertz CT molecular complexity index is 525. The highest BCUT2D eigenvalue weighted by molar-refractivity contribution is 8.00. The lowest BCUT2D eigenvalue weighted by Crippen LogP contribution is -2.38. The van der Waals surface area contributed by atoms with Crippen LogP contribution in [0.2, 0.25) is 0 Å². The number of thioether (sulfide) groups is 1. The summed E-state index contributed by atoms with van der Waals surface area (Å²) in [5.74, 6) is 1.04. The van der Waals surface area contributed by atoms with Crippen LogP contribution in [0.3, 0.4) is 0 Å². The predicted octanol–water partition coefficient (Wildman–Crippen LogP) is 4.54. The molecule has 0 spiro atoms. The van der Waals surface area contributed by atoms with Crippen molar-refractivity contribution in [3.8, 4) is 0 Å². The molecular weight excluding hydrogens is 280 g/mol. The number of hydrogen-bond acceptors (Lipinski definition) is 3. The van der Waals surface area contributed by atoms with Crippen LogP contribution >= 0.6 is 11.8 Å². The van der Waals surface area contributed by atoms with E-state index in [0.717, 1.165) is 11.3 Å². The van der Waals surface area contributed by atoms with Crippen molar-refractivity contribution in [3.63, 3.8) is 0 Å². The third-order valence-corrected chi connectivity index (χ3v) is 7.07. The van der Waals surface area contributed by atoms with Crippen molar-refractivity contribution in [3.05, 3.63) is 30.3 Å². The van der Waals surface area contributed by atoms with Crippen LogP contribution in [0, 0.1) is 16.7 Å². The number of esters is 1. The summed E-state index contributed by atoms with van der Waals surface area (Å²) in [5.41, 5.74) is 0.454. The fourth-order valence-corrected chi connectivity index (χ4v) is 4.86. The van der Waals surface area contributed by atoms with Crippen LogP contribution < -0.4 is 0 Å². The van der Waals surface area contributed by atoms with Crippen LogP contribution in [0.15, 0.2) is 35.2 Å². The molecule has 2 bridgehead atoms. The van der Waals surface area contributed by atoms with Gasteiger partial charge in [0.1, 0.15) is 6.10 Å². The number of carbonyl (C=O) groups is 1. The van der Waals surface area contributed by atoms with E-state index in [1.807, 2.05) is 30.3 Å². The molecule has 2 saturated carbocycles. The minimum absolute atomic E-state index is 0.0709. The molecule has 0 aliphatic heterocycles. The molecule has 2 nitrogen and oxygen atoms in total. The Morgan fingerprint density at radius 1 is 1.29 bits per heavy atom. The fourth-order valence-electron chi connectivity index (χ4n) is 4.16.